The molecule has 0 amide bonds. The van der Waals surface area contributed by atoms with Gasteiger partial charge in [0.15, 0.2) is 0 Å². The quantitative estimate of drug-likeness (QED) is 0.749. The van der Waals surface area contributed by atoms with Gasteiger partial charge in [-0.3, -0.25) is 0 Å². The second-order valence-electron chi connectivity index (χ2n) is 3.00. The lowest BCUT2D eigenvalue weighted by Gasteiger charge is -1.98. The summed E-state index contributed by atoms with van der Waals surface area (Å²) in [5, 5.41) is 8.65. The molecule has 0 spiro atoms. The van der Waals surface area contributed by atoms with Crippen molar-refractivity contribution in [3.8, 4) is 0 Å². The van der Waals surface area contributed by atoms with Gasteiger partial charge in [-0.25, -0.2) is 9.78 Å². The fourth-order valence-electron chi connectivity index (χ4n) is 1.57. The normalized spacial score (nSPS) is 13.2. The zero-order valence-electron chi connectivity index (χ0n) is 6.99. The number of hydrogen-bond acceptors (Lipinski definition) is 2. The SMILES string of the molecule is Cl.O=C(O)c1cc2c(cn1)CCC2. The maximum atomic E-state index is 10.5. The van der Waals surface area contributed by atoms with E-state index in [0.29, 0.717) is 0 Å². The van der Waals surface area contributed by atoms with Crippen molar-refractivity contribution in [1.82, 2.24) is 4.98 Å². The van der Waals surface area contributed by atoms with Crippen LogP contribution in [0.3, 0.4) is 0 Å². The van der Waals surface area contributed by atoms with E-state index in [1.165, 1.54) is 5.56 Å². The van der Waals surface area contributed by atoms with Crippen LogP contribution in [0.15, 0.2) is 12.3 Å². The Morgan fingerprint density at radius 3 is 2.77 bits per heavy atom. The summed E-state index contributed by atoms with van der Waals surface area (Å²) in [6, 6.07) is 1.69. The van der Waals surface area contributed by atoms with Gasteiger partial charge in [0, 0.05) is 6.20 Å². The van der Waals surface area contributed by atoms with Gasteiger partial charge in [-0.1, -0.05) is 0 Å². The molecule has 1 aliphatic carbocycles. The molecule has 1 aliphatic rings. The van der Waals surface area contributed by atoms with E-state index in [4.69, 9.17) is 5.11 Å². The summed E-state index contributed by atoms with van der Waals surface area (Å²) in [5.74, 6) is -0.940. The molecule has 0 aliphatic heterocycles. The Morgan fingerprint density at radius 2 is 2.08 bits per heavy atom. The van der Waals surface area contributed by atoms with Gasteiger partial charge in [0.2, 0.25) is 0 Å². The third-order valence-electron chi connectivity index (χ3n) is 2.19. The molecular weight excluding hydrogens is 190 g/mol. The second kappa shape index (κ2) is 3.75. The van der Waals surface area contributed by atoms with Crippen molar-refractivity contribution in [3.63, 3.8) is 0 Å². The van der Waals surface area contributed by atoms with Crippen molar-refractivity contribution in [2.75, 3.05) is 0 Å². The van der Waals surface area contributed by atoms with Gasteiger partial charge in [-0.2, -0.15) is 0 Å². The van der Waals surface area contributed by atoms with Crippen LogP contribution in [-0.4, -0.2) is 16.1 Å². The molecule has 0 radical (unpaired) electrons. The number of pyridine rings is 1. The van der Waals surface area contributed by atoms with Crippen molar-refractivity contribution < 1.29 is 9.90 Å². The first-order valence-corrected chi connectivity index (χ1v) is 3.98. The summed E-state index contributed by atoms with van der Waals surface area (Å²) in [6.07, 6.45) is 4.85. The number of aryl methyl sites for hydroxylation is 2. The molecule has 1 aromatic heterocycles. The topological polar surface area (TPSA) is 50.2 Å². The maximum absolute atomic E-state index is 10.5. The predicted molar refractivity (Wildman–Crippen MR) is 50.5 cm³/mol. The van der Waals surface area contributed by atoms with E-state index in [1.54, 1.807) is 12.3 Å². The fraction of sp³-hybridized carbons (Fsp3) is 0.333. The summed E-state index contributed by atoms with van der Waals surface area (Å²) in [4.78, 5) is 14.4. The average Bonchev–Trinajstić information content (AvgIpc) is 2.49. The Bertz CT molecular complexity index is 338. The number of carboxylic acids is 1. The van der Waals surface area contributed by atoms with Crippen molar-refractivity contribution in [3.05, 3.63) is 29.1 Å². The van der Waals surface area contributed by atoms with E-state index in [0.717, 1.165) is 24.8 Å². The predicted octanol–water partition coefficient (Wildman–Crippen LogP) is 1.69. The molecule has 70 valence electrons. The Balaban J connectivity index is 0.000000845. The first kappa shape index (κ1) is 9.99. The molecule has 0 saturated carbocycles. The summed E-state index contributed by atoms with van der Waals surface area (Å²) in [6.45, 7) is 0. The number of fused-ring (bicyclic) bond motifs is 1. The zero-order chi connectivity index (χ0) is 8.55. The van der Waals surface area contributed by atoms with Crippen molar-refractivity contribution in [2.45, 2.75) is 19.3 Å². The molecule has 3 nitrogen and oxygen atoms in total. The molecule has 0 unspecified atom stereocenters. The number of aromatic carboxylic acids is 1. The van der Waals surface area contributed by atoms with Crippen LogP contribution < -0.4 is 0 Å². The van der Waals surface area contributed by atoms with Gasteiger partial charge in [-0.05, 0) is 36.5 Å². The Kier molecular flexibility index (Phi) is 2.88. The fourth-order valence-corrected chi connectivity index (χ4v) is 1.57. The highest BCUT2D eigenvalue weighted by molar-refractivity contribution is 5.85. The highest BCUT2D eigenvalue weighted by Gasteiger charge is 2.13. The number of rotatable bonds is 1. The van der Waals surface area contributed by atoms with Crippen LogP contribution >= 0.6 is 12.4 Å². The van der Waals surface area contributed by atoms with Gasteiger partial charge in [-0.15, -0.1) is 12.4 Å². The van der Waals surface area contributed by atoms with Gasteiger partial charge in [0.05, 0.1) is 0 Å². The van der Waals surface area contributed by atoms with E-state index in [2.05, 4.69) is 4.98 Å². The third kappa shape index (κ3) is 1.80. The first-order valence-electron chi connectivity index (χ1n) is 3.98. The lowest BCUT2D eigenvalue weighted by atomic mass is 10.1. The van der Waals surface area contributed by atoms with E-state index < -0.39 is 5.97 Å². The summed E-state index contributed by atoms with van der Waals surface area (Å²) in [5.41, 5.74) is 2.53. The van der Waals surface area contributed by atoms with Crippen LogP contribution in [0.4, 0.5) is 0 Å². The minimum Gasteiger partial charge on any atom is -0.477 e. The molecule has 1 heterocycles. The van der Waals surface area contributed by atoms with Crippen LogP contribution in [0, 0.1) is 0 Å². The Morgan fingerprint density at radius 1 is 1.38 bits per heavy atom. The lowest BCUT2D eigenvalue weighted by Crippen LogP contribution is -2.01. The summed E-state index contributed by atoms with van der Waals surface area (Å²) < 4.78 is 0. The number of aromatic nitrogens is 1. The molecule has 13 heavy (non-hydrogen) atoms. The molecule has 0 bridgehead atoms. The standard InChI is InChI=1S/C9H9NO2.ClH/c11-9(12)8-4-6-2-1-3-7(6)5-10-8;/h4-5H,1-3H2,(H,11,12);1H. The number of halogens is 1. The minimum absolute atomic E-state index is 0. The van der Waals surface area contributed by atoms with Crippen LogP contribution in [0.5, 0.6) is 0 Å². The Hall–Kier alpha value is -1.09. The van der Waals surface area contributed by atoms with Gasteiger partial charge in [0.1, 0.15) is 5.69 Å². The molecule has 1 N–H and O–H groups in total. The van der Waals surface area contributed by atoms with Crippen LogP contribution in [0.1, 0.15) is 28.0 Å². The van der Waals surface area contributed by atoms with Gasteiger partial charge < -0.3 is 5.11 Å². The Labute approximate surface area is 82.2 Å². The van der Waals surface area contributed by atoms with E-state index >= 15 is 0 Å². The molecule has 0 saturated heterocycles. The van der Waals surface area contributed by atoms with Crippen molar-refractivity contribution in [1.29, 1.82) is 0 Å². The molecule has 2 rings (SSSR count). The molecule has 4 heteroatoms. The number of carbonyl (C=O) groups is 1. The molecule has 1 aromatic rings. The molecular formula is C9H10ClNO2. The van der Waals surface area contributed by atoms with Gasteiger partial charge in [0.25, 0.3) is 0 Å². The summed E-state index contributed by atoms with van der Waals surface area (Å²) >= 11 is 0. The number of nitrogens with zero attached hydrogens (tertiary/aromatic N) is 1. The summed E-state index contributed by atoms with van der Waals surface area (Å²) in [7, 11) is 0. The zero-order valence-corrected chi connectivity index (χ0v) is 7.80. The maximum Gasteiger partial charge on any atom is 0.354 e. The monoisotopic (exact) mass is 199 g/mol. The lowest BCUT2D eigenvalue weighted by molar-refractivity contribution is 0.0690. The van der Waals surface area contributed by atoms with Crippen LogP contribution in [-0.2, 0) is 12.8 Å². The second-order valence-corrected chi connectivity index (χ2v) is 3.00. The number of hydrogen-bond donors (Lipinski definition) is 1. The van der Waals surface area contributed by atoms with E-state index in [-0.39, 0.29) is 18.1 Å². The third-order valence-corrected chi connectivity index (χ3v) is 2.19. The highest BCUT2D eigenvalue weighted by Crippen LogP contribution is 2.21. The van der Waals surface area contributed by atoms with E-state index in [1.807, 2.05) is 0 Å². The number of carboxylic acid groups (broad SMARTS) is 1. The highest BCUT2D eigenvalue weighted by atomic mass is 35.5. The molecule has 0 atom stereocenters. The van der Waals surface area contributed by atoms with Crippen molar-refractivity contribution >= 4 is 18.4 Å². The van der Waals surface area contributed by atoms with Crippen LogP contribution in [0.2, 0.25) is 0 Å². The molecule has 0 fully saturated rings. The largest absolute Gasteiger partial charge is 0.477 e. The molecule has 0 aromatic carbocycles. The van der Waals surface area contributed by atoms with Crippen molar-refractivity contribution in [2.24, 2.45) is 0 Å². The van der Waals surface area contributed by atoms with Crippen LogP contribution in [0.25, 0.3) is 0 Å². The average molecular weight is 200 g/mol. The smallest absolute Gasteiger partial charge is 0.354 e. The van der Waals surface area contributed by atoms with E-state index in [9.17, 15) is 4.79 Å². The first-order chi connectivity index (χ1) is 5.77. The van der Waals surface area contributed by atoms with Gasteiger partial charge >= 0.3 is 5.97 Å². The minimum atomic E-state index is -0.940.